The van der Waals surface area contributed by atoms with Crippen LogP contribution in [0.25, 0.3) is 0 Å². The van der Waals surface area contributed by atoms with E-state index in [1.165, 1.54) is 19.9 Å². The fraction of sp³-hybridized carbons (Fsp3) is 0.118. The zero-order valence-corrected chi connectivity index (χ0v) is 12.8. The Morgan fingerprint density at radius 2 is 1.61 bits per heavy atom. The van der Waals surface area contributed by atoms with Gasteiger partial charge >= 0.3 is 5.97 Å². The van der Waals surface area contributed by atoms with Crippen LogP contribution in [-0.2, 0) is 9.59 Å². The van der Waals surface area contributed by atoms with Gasteiger partial charge in [0.1, 0.15) is 0 Å². The number of ether oxygens (including phenoxy) is 1. The maximum absolute atomic E-state index is 12.2. The highest BCUT2D eigenvalue weighted by atomic mass is 16.5. The first-order valence-electron chi connectivity index (χ1n) is 6.92. The first-order valence-corrected chi connectivity index (χ1v) is 6.92. The molecule has 0 aromatic heterocycles. The minimum atomic E-state index is -0.528. The standard InChI is InChI=1S/C17H16N2O4/c1-11(20)18-14-8-9-15(16(10-14)23-12(2)21)19-17(22)13-6-4-3-5-7-13/h3-10H,1-2H3,(H,18,20)(H,19,22). The fourth-order valence-electron chi connectivity index (χ4n) is 1.93. The molecule has 2 N–H and O–H groups in total. The SMILES string of the molecule is CC(=O)Nc1ccc(NC(=O)c2ccccc2)c(OC(C)=O)c1. The van der Waals surface area contributed by atoms with Gasteiger partial charge in [0.15, 0.2) is 5.75 Å². The average molecular weight is 312 g/mol. The molecule has 0 heterocycles. The molecule has 0 saturated heterocycles. The van der Waals surface area contributed by atoms with Crippen molar-refractivity contribution >= 4 is 29.2 Å². The molecule has 2 aromatic carbocycles. The van der Waals surface area contributed by atoms with Crippen LogP contribution >= 0.6 is 0 Å². The van der Waals surface area contributed by atoms with Gasteiger partial charge in [0.25, 0.3) is 5.91 Å². The van der Waals surface area contributed by atoms with Gasteiger partial charge in [-0.15, -0.1) is 0 Å². The third-order valence-electron chi connectivity index (χ3n) is 2.84. The molecule has 6 heteroatoms. The van der Waals surface area contributed by atoms with Crippen LogP contribution < -0.4 is 15.4 Å². The highest BCUT2D eigenvalue weighted by molar-refractivity contribution is 6.05. The minimum Gasteiger partial charge on any atom is -0.424 e. The molecule has 0 aliphatic carbocycles. The molecule has 0 fully saturated rings. The second-order valence-electron chi connectivity index (χ2n) is 4.81. The summed E-state index contributed by atoms with van der Waals surface area (Å²) < 4.78 is 5.10. The van der Waals surface area contributed by atoms with E-state index < -0.39 is 5.97 Å². The summed E-state index contributed by atoms with van der Waals surface area (Å²) in [5, 5.41) is 5.27. The van der Waals surface area contributed by atoms with Crippen molar-refractivity contribution in [2.24, 2.45) is 0 Å². The van der Waals surface area contributed by atoms with Crippen molar-refractivity contribution in [1.82, 2.24) is 0 Å². The van der Waals surface area contributed by atoms with Crippen LogP contribution in [0, 0.1) is 0 Å². The third kappa shape index (κ3) is 4.67. The lowest BCUT2D eigenvalue weighted by atomic mass is 10.2. The lowest BCUT2D eigenvalue weighted by Crippen LogP contribution is -2.14. The predicted octanol–water partition coefficient (Wildman–Crippen LogP) is 2.82. The van der Waals surface area contributed by atoms with Crippen LogP contribution in [0.15, 0.2) is 48.5 Å². The molecule has 2 aromatic rings. The molecule has 0 atom stereocenters. The Balaban J connectivity index is 2.27. The van der Waals surface area contributed by atoms with Gasteiger partial charge in [-0.1, -0.05) is 18.2 Å². The van der Waals surface area contributed by atoms with Crippen molar-refractivity contribution in [1.29, 1.82) is 0 Å². The summed E-state index contributed by atoms with van der Waals surface area (Å²) in [6.45, 7) is 2.63. The zero-order valence-electron chi connectivity index (χ0n) is 12.8. The van der Waals surface area contributed by atoms with E-state index in [0.29, 0.717) is 16.9 Å². The summed E-state index contributed by atoms with van der Waals surface area (Å²) in [7, 11) is 0. The zero-order chi connectivity index (χ0) is 16.8. The van der Waals surface area contributed by atoms with Gasteiger partial charge in [0, 0.05) is 31.2 Å². The van der Waals surface area contributed by atoms with E-state index in [1.54, 1.807) is 36.4 Å². The molecule has 118 valence electrons. The molecule has 0 spiro atoms. The Bertz CT molecular complexity index is 742. The molecule has 0 aliphatic heterocycles. The molecule has 0 saturated carbocycles. The van der Waals surface area contributed by atoms with E-state index in [9.17, 15) is 14.4 Å². The minimum absolute atomic E-state index is 0.160. The molecular weight excluding hydrogens is 296 g/mol. The normalized spacial score (nSPS) is 9.83. The van der Waals surface area contributed by atoms with E-state index in [-0.39, 0.29) is 17.6 Å². The molecule has 2 amide bonds. The molecular formula is C17H16N2O4. The van der Waals surface area contributed by atoms with Gasteiger partial charge in [-0.25, -0.2) is 0 Å². The summed E-state index contributed by atoms with van der Waals surface area (Å²) in [5.74, 6) is -0.945. The number of nitrogens with one attached hydrogen (secondary N) is 2. The maximum atomic E-state index is 12.2. The first kappa shape index (κ1) is 16.2. The van der Waals surface area contributed by atoms with E-state index in [0.717, 1.165) is 0 Å². The van der Waals surface area contributed by atoms with E-state index in [4.69, 9.17) is 4.74 Å². The number of carbonyl (C=O) groups excluding carboxylic acids is 3. The quantitative estimate of drug-likeness (QED) is 0.671. The largest absolute Gasteiger partial charge is 0.424 e. The molecule has 0 bridgehead atoms. The number of hydrogen-bond donors (Lipinski definition) is 2. The van der Waals surface area contributed by atoms with Crippen LogP contribution in [-0.4, -0.2) is 17.8 Å². The maximum Gasteiger partial charge on any atom is 0.308 e. The number of rotatable bonds is 4. The van der Waals surface area contributed by atoms with Crippen LogP contribution in [0.3, 0.4) is 0 Å². The van der Waals surface area contributed by atoms with E-state index in [2.05, 4.69) is 10.6 Å². The highest BCUT2D eigenvalue weighted by Crippen LogP contribution is 2.29. The summed E-state index contributed by atoms with van der Waals surface area (Å²) in [6, 6.07) is 13.3. The topological polar surface area (TPSA) is 84.5 Å². The third-order valence-corrected chi connectivity index (χ3v) is 2.84. The van der Waals surface area contributed by atoms with Crippen molar-refractivity contribution in [2.75, 3.05) is 10.6 Å². The van der Waals surface area contributed by atoms with Crippen molar-refractivity contribution in [2.45, 2.75) is 13.8 Å². The van der Waals surface area contributed by atoms with Crippen molar-refractivity contribution < 1.29 is 19.1 Å². The van der Waals surface area contributed by atoms with Crippen LogP contribution in [0.5, 0.6) is 5.75 Å². The lowest BCUT2D eigenvalue weighted by molar-refractivity contribution is -0.131. The number of hydrogen-bond acceptors (Lipinski definition) is 4. The Labute approximate surface area is 133 Å². The average Bonchev–Trinajstić information content (AvgIpc) is 2.49. The summed E-state index contributed by atoms with van der Waals surface area (Å²) in [6.07, 6.45) is 0. The molecule has 2 rings (SSSR count). The highest BCUT2D eigenvalue weighted by Gasteiger charge is 2.12. The molecule has 23 heavy (non-hydrogen) atoms. The summed E-state index contributed by atoms with van der Waals surface area (Å²) in [4.78, 5) is 34.5. The predicted molar refractivity (Wildman–Crippen MR) is 86.4 cm³/mol. The van der Waals surface area contributed by atoms with Gasteiger partial charge in [-0.3, -0.25) is 14.4 Å². The number of benzene rings is 2. The monoisotopic (exact) mass is 312 g/mol. The number of anilines is 2. The van der Waals surface area contributed by atoms with Crippen LogP contribution in [0.1, 0.15) is 24.2 Å². The van der Waals surface area contributed by atoms with Crippen molar-refractivity contribution in [3.05, 3.63) is 54.1 Å². The van der Waals surface area contributed by atoms with Crippen molar-refractivity contribution in [3.8, 4) is 5.75 Å². The second kappa shape index (κ2) is 7.22. The molecule has 0 radical (unpaired) electrons. The van der Waals surface area contributed by atoms with Crippen LogP contribution in [0.2, 0.25) is 0 Å². The Hall–Kier alpha value is -3.15. The van der Waals surface area contributed by atoms with Gasteiger partial charge in [-0.05, 0) is 24.3 Å². The van der Waals surface area contributed by atoms with Gasteiger partial charge in [-0.2, -0.15) is 0 Å². The summed E-state index contributed by atoms with van der Waals surface area (Å²) >= 11 is 0. The lowest BCUT2D eigenvalue weighted by Gasteiger charge is -2.12. The van der Waals surface area contributed by atoms with E-state index >= 15 is 0 Å². The number of esters is 1. The van der Waals surface area contributed by atoms with Gasteiger partial charge in [0.2, 0.25) is 5.91 Å². The van der Waals surface area contributed by atoms with Crippen molar-refractivity contribution in [3.63, 3.8) is 0 Å². The second-order valence-corrected chi connectivity index (χ2v) is 4.81. The fourth-order valence-corrected chi connectivity index (χ4v) is 1.93. The molecule has 6 nitrogen and oxygen atoms in total. The smallest absolute Gasteiger partial charge is 0.308 e. The molecule has 0 unspecified atom stereocenters. The van der Waals surface area contributed by atoms with Crippen LogP contribution in [0.4, 0.5) is 11.4 Å². The Morgan fingerprint density at radius 3 is 2.22 bits per heavy atom. The van der Waals surface area contributed by atoms with Gasteiger partial charge in [0.05, 0.1) is 5.69 Å². The number of carbonyl (C=O) groups is 3. The van der Waals surface area contributed by atoms with Gasteiger partial charge < -0.3 is 15.4 Å². The summed E-state index contributed by atoms with van der Waals surface area (Å²) in [5.41, 5.74) is 1.28. The Morgan fingerprint density at radius 1 is 0.913 bits per heavy atom. The molecule has 0 aliphatic rings. The van der Waals surface area contributed by atoms with E-state index in [1.807, 2.05) is 6.07 Å². The Kier molecular flexibility index (Phi) is 5.09. The number of amides is 2. The first-order chi connectivity index (χ1) is 11.0.